The van der Waals surface area contributed by atoms with Gasteiger partial charge >= 0.3 is 0 Å². The van der Waals surface area contributed by atoms with E-state index in [0.717, 1.165) is 32.8 Å². The van der Waals surface area contributed by atoms with Crippen LogP contribution in [0.5, 0.6) is 0 Å². The van der Waals surface area contributed by atoms with Crippen molar-refractivity contribution in [2.75, 3.05) is 5.73 Å². The Morgan fingerprint density at radius 3 is 2.80 bits per heavy atom. The maximum atomic E-state index is 6.05. The third kappa shape index (κ3) is 1.79. The highest BCUT2D eigenvalue weighted by Gasteiger charge is 2.24. The van der Waals surface area contributed by atoms with Crippen molar-refractivity contribution in [2.45, 2.75) is 6.42 Å². The second-order valence-electron chi connectivity index (χ2n) is 4.86. The van der Waals surface area contributed by atoms with Crippen molar-refractivity contribution in [3.63, 3.8) is 0 Å². The molecule has 0 radical (unpaired) electrons. The first kappa shape index (κ1) is 12.1. The fourth-order valence-corrected chi connectivity index (χ4v) is 4.16. The van der Waals surface area contributed by atoms with Crippen molar-refractivity contribution in [2.24, 2.45) is 0 Å². The number of nitrogens with zero attached hydrogens (tertiary/aromatic N) is 1. The Balaban J connectivity index is 1.85. The number of anilines is 1. The van der Waals surface area contributed by atoms with E-state index >= 15 is 0 Å². The van der Waals surface area contributed by atoms with E-state index in [1.165, 1.54) is 16.0 Å². The predicted molar refractivity (Wildman–Crippen MR) is 87.9 cm³/mol. The third-order valence-electron chi connectivity index (χ3n) is 3.56. The Kier molecular flexibility index (Phi) is 2.69. The zero-order valence-corrected chi connectivity index (χ0v) is 13.0. The molecule has 1 aromatic heterocycles. The standard InChI is InChI=1S/C16H11BrN2S/c17-10-5-6-11-9(7-10)8-14-15(11)19-16(20-14)12-3-1-2-4-13(12)18/h1-7H,8,18H2. The summed E-state index contributed by atoms with van der Waals surface area (Å²) in [6.45, 7) is 0. The molecule has 1 heterocycles. The van der Waals surface area contributed by atoms with Gasteiger partial charge < -0.3 is 5.73 Å². The van der Waals surface area contributed by atoms with E-state index in [1.807, 2.05) is 24.3 Å². The number of fused-ring (bicyclic) bond motifs is 3. The van der Waals surface area contributed by atoms with Crippen LogP contribution in [-0.2, 0) is 6.42 Å². The molecule has 2 aromatic carbocycles. The third-order valence-corrected chi connectivity index (χ3v) is 5.14. The molecule has 2 nitrogen and oxygen atoms in total. The highest BCUT2D eigenvalue weighted by molar-refractivity contribution is 9.10. The lowest BCUT2D eigenvalue weighted by Crippen LogP contribution is -1.89. The van der Waals surface area contributed by atoms with E-state index in [4.69, 9.17) is 10.7 Å². The van der Waals surface area contributed by atoms with Crippen LogP contribution >= 0.6 is 27.3 Å². The summed E-state index contributed by atoms with van der Waals surface area (Å²) in [6.07, 6.45) is 0.967. The number of benzene rings is 2. The van der Waals surface area contributed by atoms with E-state index in [0.29, 0.717) is 0 Å². The summed E-state index contributed by atoms with van der Waals surface area (Å²) in [7, 11) is 0. The Labute approximate surface area is 129 Å². The van der Waals surface area contributed by atoms with Gasteiger partial charge in [0.15, 0.2) is 0 Å². The second-order valence-corrected chi connectivity index (χ2v) is 6.86. The number of nitrogen functional groups attached to an aromatic ring is 1. The van der Waals surface area contributed by atoms with Gasteiger partial charge in [0.25, 0.3) is 0 Å². The lowest BCUT2D eigenvalue weighted by Gasteiger charge is -2.02. The average Bonchev–Trinajstić information content (AvgIpc) is 2.96. The number of nitrogens with two attached hydrogens (primary N) is 1. The zero-order valence-electron chi connectivity index (χ0n) is 10.6. The molecule has 4 rings (SSSR count). The molecule has 2 N–H and O–H groups in total. The van der Waals surface area contributed by atoms with Crippen LogP contribution < -0.4 is 5.73 Å². The minimum atomic E-state index is 0.788. The fourth-order valence-electron chi connectivity index (χ4n) is 2.60. The van der Waals surface area contributed by atoms with Gasteiger partial charge in [-0.15, -0.1) is 11.3 Å². The Morgan fingerprint density at radius 2 is 1.95 bits per heavy atom. The number of rotatable bonds is 1. The van der Waals surface area contributed by atoms with Crippen molar-refractivity contribution >= 4 is 33.0 Å². The van der Waals surface area contributed by atoms with Gasteiger partial charge in [0, 0.05) is 32.6 Å². The summed E-state index contributed by atoms with van der Waals surface area (Å²) in [5.41, 5.74) is 11.6. The molecule has 20 heavy (non-hydrogen) atoms. The minimum Gasteiger partial charge on any atom is -0.398 e. The number of thiazole rings is 1. The Hall–Kier alpha value is -1.65. The van der Waals surface area contributed by atoms with Gasteiger partial charge in [-0.25, -0.2) is 4.98 Å². The van der Waals surface area contributed by atoms with Crippen LogP contribution in [-0.4, -0.2) is 4.98 Å². The predicted octanol–water partition coefficient (Wildman–Crippen LogP) is 4.73. The lowest BCUT2D eigenvalue weighted by atomic mass is 10.1. The summed E-state index contributed by atoms with van der Waals surface area (Å²) >= 11 is 5.27. The van der Waals surface area contributed by atoms with Crippen molar-refractivity contribution in [1.29, 1.82) is 0 Å². The molecular weight excluding hydrogens is 332 g/mol. The molecule has 0 saturated heterocycles. The van der Waals surface area contributed by atoms with Crippen LogP contribution in [0.4, 0.5) is 5.69 Å². The molecule has 0 saturated carbocycles. The van der Waals surface area contributed by atoms with Gasteiger partial charge in [-0.05, 0) is 29.8 Å². The Morgan fingerprint density at radius 1 is 1.10 bits per heavy atom. The molecule has 3 aromatic rings. The van der Waals surface area contributed by atoms with Crippen molar-refractivity contribution in [1.82, 2.24) is 4.98 Å². The number of aromatic nitrogens is 1. The van der Waals surface area contributed by atoms with Gasteiger partial charge in [-0.1, -0.05) is 34.1 Å². The minimum absolute atomic E-state index is 0.788. The average molecular weight is 343 g/mol. The number of hydrogen-bond donors (Lipinski definition) is 1. The van der Waals surface area contributed by atoms with Crippen LogP contribution in [0.25, 0.3) is 21.8 Å². The van der Waals surface area contributed by atoms with Gasteiger partial charge in [-0.3, -0.25) is 0 Å². The summed E-state index contributed by atoms with van der Waals surface area (Å²) in [4.78, 5) is 6.15. The molecule has 1 aliphatic carbocycles. The second kappa shape index (κ2) is 4.43. The van der Waals surface area contributed by atoms with Crippen LogP contribution in [0.2, 0.25) is 0 Å². The van der Waals surface area contributed by atoms with Crippen LogP contribution in [0.1, 0.15) is 10.4 Å². The molecule has 1 aliphatic rings. The SMILES string of the molecule is Nc1ccccc1-c1nc2c(s1)Cc1cc(Br)ccc1-2. The summed E-state index contributed by atoms with van der Waals surface area (Å²) in [5.74, 6) is 0. The number of para-hydroxylation sites is 1. The largest absolute Gasteiger partial charge is 0.398 e. The van der Waals surface area contributed by atoms with E-state index in [1.54, 1.807) is 11.3 Å². The monoisotopic (exact) mass is 342 g/mol. The van der Waals surface area contributed by atoms with Gasteiger partial charge in [0.2, 0.25) is 0 Å². The molecule has 0 aliphatic heterocycles. The van der Waals surface area contributed by atoms with Gasteiger partial charge in [0.1, 0.15) is 5.01 Å². The molecule has 98 valence electrons. The maximum absolute atomic E-state index is 6.05. The van der Waals surface area contributed by atoms with Crippen LogP contribution in [0.15, 0.2) is 46.9 Å². The van der Waals surface area contributed by atoms with E-state index in [9.17, 15) is 0 Å². The quantitative estimate of drug-likeness (QED) is 0.508. The molecule has 0 atom stereocenters. The number of hydrogen-bond acceptors (Lipinski definition) is 3. The first-order chi connectivity index (χ1) is 9.72. The fraction of sp³-hybridized carbons (Fsp3) is 0.0625. The Bertz CT molecular complexity index is 823. The first-order valence-electron chi connectivity index (χ1n) is 6.36. The molecule has 0 unspecified atom stereocenters. The topological polar surface area (TPSA) is 38.9 Å². The lowest BCUT2D eigenvalue weighted by molar-refractivity contribution is 1.30. The van der Waals surface area contributed by atoms with E-state index in [-0.39, 0.29) is 0 Å². The zero-order chi connectivity index (χ0) is 13.7. The first-order valence-corrected chi connectivity index (χ1v) is 7.97. The summed E-state index contributed by atoms with van der Waals surface area (Å²) in [5, 5.41) is 1.02. The van der Waals surface area contributed by atoms with Gasteiger partial charge in [-0.2, -0.15) is 0 Å². The molecule has 0 amide bonds. The molecule has 0 bridgehead atoms. The summed E-state index contributed by atoms with van der Waals surface area (Å²) < 4.78 is 1.12. The van der Waals surface area contributed by atoms with Crippen molar-refractivity contribution in [3.05, 3.63) is 57.4 Å². The molecule has 0 fully saturated rings. The highest BCUT2D eigenvalue weighted by Crippen LogP contribution is 2.43. The summed E-state index contributed by atoms with van der Waals surface area (Å²) in [6, 6.07) is 14.3. The number of halogens is 1. The highest BCUT2D eigenvalue weighted by atomic mass is 79.9. The smallest absolute Gasteiger partial charge is 0.126 e. The normalized spacial score (nSPS) is 12.2. The van der Waals surface area contributed by atoms with E-state index in [2.05, 4.69) is 34.1 Å². The molecule has 4 heteroatoms. The van der Waals surface area contributed by atoms with Crippen LogP contribution in [0, 0.1) is 0 Å². The van der Waals surface area contributed by atoms with Crippen molar-refractivity contribution < 1.29 is 0 Å². The molecular formula is C16H11BrN2S. The van der Waals surface area contributed by atoms with Gasteiger partial charge in [0.05, 0.1) is 5.69 Å². The van der Waals surface area contributed by atoms with E-state index < -0.39 is 0 Å². The molecule has 0 spiro atoms. The maximum Gasteiger partial charge on any atom is 0.126 e. The van der Waals surface area contributed by atoms with Crippen LogP contribution in [0.3, 0.4) is 0 Å². The van der Waals surface area contributed by atoms with Crippen molar-refractivity contribution in [3.8, 4) is 21.8 Å².